The molecule has 0 saturated heterocycles. The summed E-state index contributed by atoms with van der Waals surface area (Å²) in [5, 5.41) is 3.55. The van der Waals surface area contributed by atoms with Crippen LogP contribution in [0.4, 0.5) is 11.4 Å². The quantitative estimate of drug-likeness (QED) is 0.482. The number of Topliss-reactive ketones (excluding diaryl/α,β-unsaturated/α-hetero) is 1. The number of carbonyl (C=O) groups excluding carboxylic acids is 2. The molecular weight excluding hydrogens is 452 g/mol. The molecule has 0 radical (unpaired) electrons. The van der Waals surface area contributed by atoms with Crippen LogP contribution in [0.3, 0.4) is 0 Å². The Morgan fingerprint density at radius 2 is 1.72 bits per heavy atom. The number of hydrogen-bond donors (Lipinski definition) is 1. The normalized spacial score (nSPS) is 19.1. The predicted molar refractivity (Wildman–Crippen MR) is 141 cm³/mol. The number of ketones is 1. The summed E-state index contributed by atoms with van der Waals surface area (Å²) in [7, 11) is 1.64. The summed E-state index contributed by atoms with van der Waals surface area (Å²) in [4.78, 5) is 28.9. The Labute approximate surface area is 211 Å². The zero-order chi connectivity index (χ0) is 25.2. The molecule has 184 valence electrons. The molecule has 3 aromatic rings. The summed E-state index contributed by atoms with van der Waals surface area (Å²) >= 11 is 0. The molecule has 2 aliphatic rings. The topological polar surface area (TPSA) is 67.9 Å². The number of nitrogens with zero attached hydrogens (tertiary/aromatic N) is 1. The third-order valence-corrected chi connectivity index (χ3v) is 6.93. The lowest BCUT2D eigenvalue weighted by molar-refractivity contribution is -0.117. The van der Waals surface area contributed by atoms with Gasteiger partial charge in [-0.1, -0.05) is 42.5 Å². The van der Waals surface area contributed by atoms with E-state index in [1.54, 1.807) is 18.9 Å². The first kappa shape index (κ1) is 23.7. The van der Waals surface area contributed by atoms with Crippen molar-refractivity contribution in [1.29, 1.82) is 0 Å². The lowest BCUT2D eigenvalue weighted by Gasteiger charge is -2.35. The summed E-state index contributed by atoms with van der Waals surface area (Å²) < 4.78 is 11.3. The van der Waals surface area contributed by atoms with Gasteiger partial charge in [-0.3, -0.25) is 14.5 Å². The van der Waals surface area contributed by atoms with Crippen molar-refractivity contribution in [2.75, 3.05) is 23.9 Å². The molecule has 5 rings (SSSR count). The standard InChI is InChI=1S/C30H30N2O4/c1-4-36-28-12-8-5-9-23(28)30-29-25(31-24-10-6-7-11-26(24)32(30)19(2)33)17-21(18-27(29)34)20-13-15-22(35-3)16-14-20/h5-16,21,30-31H,4,17-18H2,1-3H3/t21-,30-/m0/s1. The number of para-hydroxylation sites is 3. The van der Waals surface area contributed by atoms with Gasteiger partial charge in [-0.05, 0) is 55.2 Å². The van der Waals surface area contributed by atoms with Crippen LogP contribution in [-0.4, -0.2) is 25.4 Å². The Morgan fingerprint density at radius 3 is 2.44 bits per heavy atom. The first-order valence-electron chi connectivity index (χ1n) is 12.3. The minimum Gasteiger partial charge on any atom is -0.497 e. The molecule has 0 fully saturated rings. The molecule has 1 N–H and O–H groups in total. The van der Waals surface area contributed by atoms with E-state index in [2.05, 4.69) is 5.32 Å². The smallest absolute Gasteiger partial charge is 0.224 e. The maximum atomic E-state index is 14.0. The summed E-state index contributed by atoms with van der Waals surface area (Å²) in [6.07, 6.45) is 1.02. The number of ether oxygens (including phenoxy) is 2. The van der Waals surface area contributed by atoms with Crippen LogP contribution >= 0.6 is 0 Å². The van der Waals surface area contributed by atoms with Crippen LogP contribution in [0.2, 0.25) is 0 Å². The van der Waals surface area contributed by atoms with Crippen LogP contribution < -0.4 is 19.7 Å². The van der Waals surface area contributed by atoms with Crippen LogP contribution in [-0.2, 0) is 9.59 Å². The van der Waals surface area contributed by atoms with Crippen molar-refractivity contribution >= 4 is 23.1 Å². The molecule has 3 aromatic carbocycles. The minimum atomic E-state index is -0.597. The SMILES string of the molecule is CCOc1ccccc1[C@H]1C2=C(C[C@H](c3ccc(OC)cc3)CC2=O)Nc2ccccc2N1C(C)=O. The minimum absolute atomic E-state index is 0.0217. The zero-order valence-electron chi connectivity index (χ0n) is 20.8. The molecule has 0 spiro atoms. The van der Waals surface area contributed by atoms with Crippen molar-refractivity contribution in [2.45, 2.75) is 38.6 Å². The van der Waals surface area contributed by atoms with Crippen LogP contribution in [0.15, 0.2) is 84.1 Å². The fraction of sp³-hybridized carbons (Fsp3) is 0.267. The lowest BCUT2D eigenvalue weighted by atomic mass is 9.78. The van der Waals surface area contributed by atoms with Crippen molar-refractivity contribution in [3.63, 3.8) is 0 Å². The largest absolute Gasteiger partial charge is 0.497 e. The first-order chi connectivity index (χ1) is 17.5. The van der Waals surface area contributed by atoms with Gasteiger partial charge < -0.3 is 14.8 Å². The maximum Gasteiger partial charge on any atom is 0.224 e. The summed E-state index contributed by atoms with van der Waals surface area (Å²) in [6, 6.07) is 22.7. The number of methoxy groups -OCH3 is 1. The third-order valence-electron chi connectivity index (χ3n) is 6.93. The monoisotopic (exact) mass is 482 g/mol. The third kappa shape index (κ3) is 4.24. The Bertz CT molecular complexity index is 1330. The molecule has 0 unspecified atom stereocenters. The summed E-state index contributed by atoms with van der Waals surface area (Å²) in [5.74, 6) is 1.37. The average Bonchev–Trinajstić information content (AvgIpc) is 3.04. The molecule has 0 bridgehead atoms. The van der Waals surface area contributed by atoms with Gasteiger partial charge in [0.1, 0.15) is 11.5 Å². The molecule has 6 nitrogen and oxygen atoms in total. The van der Waals surface area contributed by atoms with E-state index < -0.39 is 6.04 Å². The van der Waals surface area contributed by atoms with E-state index >= 15 is 0 Å². The highest BCUT2D eigenvalue weighted by Crippen LogP contribution is 2.48. The van der Waals surface area contributed by atoms with E-state index in [9.17, 15) is 9.59 Å². The Hall–Kier alpha value is -4.06. The molecule has 2 atom stereocenters. The highest BCUT2D eigenvalue weighted by Gasteiger charge is 2.41. The van der Waals surface area contributed by atoms with Gasteiger partial charge in [0.05, 0.1) is 31.1 Å². The van der Waals surface area contributed by atoms with Crippen molar-refractivity contribution in [3.05, 3.63) is 95.2 Å². The van der Waals surface area contributed by atoms with Gasteiger partial charge in [-0.25, -0.2) is 0 Å². The van der Waals surface area contributed by atoms with Gasteiger partial charge in [0.25, 0.3) is 0 Å². The van der Waals surface area contributed by atoms with E-state index in [0.29, 0.717) is 30.8 Å². The van der Waals surface area contributed by atoms with E-state index in [1.807, 2.05) is 79.7 Å². The van der Waals surface area contributed by atoms with Gasteiger partial charge in [0.2, 0.25) is 5.91 Å². The van der Waals surface area contributed by atoms with Gasteiger partial charge in [-0.15, -0.1) is 0 Å². The van der Waals surface area contributed by atoms with Crippen LogP contribution in [0, 0.1) is 0 Å². The zero-order valence-corrected chi connectivity index (χ0v) is 20.8. The number of anilines is 2. The van der Waals surface area contributed by atoms with Gasteiger partial charge >= 0.3 is 0 Å². The van der Waals surface area contributed by atoms with Crippen molar-refractivity contribution in [3.8, 4) is 11.5 Å². The number of nitrogens with one attached hydrogen (secondary N) is 1. The van der Waals surface area contributed by atoms with E-state index in [-0.39, 0.29) is 17.6 Å². The highest BCUT2D eigenvalue weighted by molar-refractivity contribution is 6.06. The number of rotatable bonds is 5. The second-order valence-corrected chi connectivity index (χ2v) is 9.10. The Kier molecular flexibility index (Phi) is 6.51. The molecule has 0 saturated carbocycles. The van der Waals surface area contributed by atoms with Gasteiger partial charge in [0, 0.05) is 30.2 Å². The number of hydrogen-bond acceptors (Lipinski definition) is 5. The summed E-state index contributed by atoms with van der Waals surface area (Å²) in [6.45, 7) is 3.96. The van der Waals surface area contributed by atoms with E-state index in [1.165, 1.54) is 0 Å². The van der Waals surface area contributed by atoms with E-state index in [4.69, 9.17) is 9.47 Å². The first-order valence-corrected chi connectivity index (χ1v) is 12.3. The van der Waals surface area contributed by atoms with Gasteiger partial charge in [-0.2, -0.15) is 0 Å². The van der Waals surface area contributed by atoms with E-state index in [0.717, 1.165) is 33.9 Å². The molecule has 0 aromatic heterocycles. The predicted octanol–water partition coefficient (Wildman–Crippen LogP) is 6.01. The fourth-order valence-electron chi connectivity index (χ4n) is 5.34. The number of amides is 1. The molecule has 1 aliphatic carbocycles. The lowest BCUT2D eigenvalue weighted by Crippen LogP contribution is -2.37. The maximum absolute atomic E-state index is 14.0. The second kappa shape index (κ2) is 9.90. The van der Waals surface area contributed by atoms with Gasteiger partial charge in [0.15, 0.2) is 5.78 Å². The molecule has 1 aliphatic heterocycles. The number of allylic oxidation sites excluding steroid dienone is 1. The Balaban J connectivity index is 1.69. The molecule has 6 heteroatoms. The second-order valence-electron chi connectivity index (χ2n) is 9.10. The molecule has 36 heavy (non-hydrogen) atoms. The van der Waals surface area contributed by atoms with Crippen LogP contribution in [0.5, 0.6) is 11.5 Å². The van der Waals surface area contributed by atoms with Crippen LogP contribution in [0.25, 0.3) is 0 Å². The van der Waals surface area contributed by atoms with Crippen molar-refractivity contribution in [2.24, 2.45) is 0 Å². The highest BCUT2D eigenvalue weighted by atomic mass is 16.5. The number of carbonyl (C=O) groups is 2. The van der Waals surface area contributed by atoms with Crippen molar-refractivity contribution in [1.82, 2.24) is 0 Å². The molecular formula is C30H30N2O4. The number of benzene rings is 3. The molecule has 1 amide bonds. The van der Waals surface area contributed by atoms with Crippen LogP contribution in [0.1, 0.15) is 49.8 Å². The average molecular weight is 483 g/mol. The summed E-state index contributed by atoms with van der Waals surface area (Å²) in [5.41, 5.74) is 4.91. The Morgan fingerprint density at radius 1 is 1.00 bits per heavy atom. The number of fused-ring (bicyclic) bond motifs is 1. The van der Waals surface area contributed by atoms with Crippen molar-refractivity contribution < 1.29 is 19.1 Å². The fourth-order valence-corrected chi connectivity index (χ4v) is 5.34. The molecule has 1 heterocycles.